The van der Waals surface area contributed by atoms with Crippen LogP contribution < -0.4 is 4.31 Å². The molecule has 6 rings (SSSR count). The number of rotatable bonds is 5. The van der Waals surface area contributed by atoms with Crippen molar-refractivity contribution in [1.29, 1.82) is 0 Å². The molecule has 0 saturated heterocycles. The Morgan fingerprint density at radius 2 is 1.37 bits per heavy atom. The number of nitrogens with zero attached hydrogens (tertiary/aromatic N) is 2. The molecule has 0 aromatic heterocycles. The average Bonchev–Trinajstić information content (AvgIpc) is 3.39. The van der Waals surface area contributed by atoms with Crippen molar-refractivity contribution in [3.8, 4) is 22.3 Å². The lowest BCUT2D eigenvalue weighted by Gasteiger charge is -2.24. The zero-order valence-corrected chi connectivity index (χ0v) is 21.5. The van der Waals surface area contributed by atoms with Crippen molar-refractivity contribution < 1.29 is 13.3 Å². The fourth-order valence-corrected chi connectivity index (χ4v) is 6.90. The topological polar surface area (TPSA) is 80.5 Å². The van der Waals surface area contributed by atoms with Crippen molar-refractivity contribution in [2.45, 2.75) is 18.2 Å². The van der Waals surface area contributed by atoms with Gasteiger partial charge in [0.1, 0.15) is 0 Å². The first-order valence-corrected chi connectivity index (χ1v) is 13.8. The first kappa shape index (κ1) is 23.9. The molecule has 1 aliphatic rings. The van der Waals surface area contributed by atoms with E-state index in [0.29, 0.717) is 22.9 Å². The monoisotopic (exact) mass is 520 g/mol. The Morgan fingerprint density at radius 1 is 0.763 bits per heavy atom. The first-order valence-electron chi connectivity index (χ1n) is 12.3. The Bertz CT molecular complexity index is 1800. The van der Waals surface area contributed by atoms with Crippen LogP contribution in [0.2, 0.25) is 0 Å². The number of benzene rings is 5. The van der Waals surface area contributed by atoms with Crippen LogP contribution in [0.1, 0.15) is 11.1 Å². The molecule has 0 aliphatic carbocycles. The zero-order chi connectivity index (χ0) is 26.4. The number of hydrogen-bond acceptors (Lipinski definition) is 4. The molecule has 0 unspecified atom stereocenters. The van der Waals surface area contributed by atoms with Crippen molar-refractivity contribution >= 4 is 32.2 Å². The van der Waals surface area contributed by atoms with Gasteiger partial charge in [-0.3, -0.25) is 14.4 Å². The Hall–Kier alpha value is -4.49. The van der Waals surface area contributed by atoms with Gasteiger partial charge < -0.3 is 0 Å². The molecule has 0 bridgehead atoms. The van der Waals surface area contributed by atoms with Crippen molar-refractivity contribution in [1.82, 2.24) is 0 Å². The summed E-state index contributed by atoms with van der Waals surface area (Å²) >= 11 is 0. The molecule has 7 heteroatoms. The van der Waals surface area contributed by atoms with Crippen molar-refractivity contribution in [2.75, 3.05) is 10.8 Å². The maximum absolute atomic E-state index is 13.9. The molecular weight excluding hydrogens is 496 g/mol. The predicted octanol–water partition coefficient (Wildman–Crippen LogP) is 7.14. The van der Waals surface area contributed by atoms with Crippen LogP contribution in [0.3, 0.4) is 0 Å². The van der Waals surface area contributed by atoms with E-state index < -0.39 is 14.9 Å². The van der Waals surface area contributed by atoms with E-state index in [0.717, 1.165) is 33.4 Å². The van der Waals surface area contributed by atoms with Crippen LogP contribution in [0.5, 0.6) is 0 Å². The molecule has 0 N–H and O–H groups in total. The van der Waals surface area contributed by atoms with Crippen LogP contribution in [0.4, 0.5) is 11.4 Å². The van der Waals surface area contributed by atoms with Crippen molar-refractivity contribution in [3.05, 3.63) is 124 Å². The molecule has 0 radical (unpaired) electrons. The number of hydrogen-bond donors (Lipinski definition) is 0. The third-order valence-electron chi connectivity index (χ3n) is 7.12. The zero-order valence-electron chi connectivity index (χ0n) is 20.7. The highest BCUT2D eigenvalue weighted by Gasteiger charge is 2.36. The highest BCUT2D eigenvalue weighted by Crippen LogP contribution is 2.50. The van der Waals surface area contributed by atoms with Crippen LogP contribution in [0.25, 0.3) is 33.0 Å². The minimum atomic E-state index is -3.86. The molecule has 38 heavy (non-hydrogen) atoms. The van der Waals surface area contributed by atoms with Crippen LogP contribution in [-0.2, 0) is 16.4 Å². The van der Waals surface area contributed by atoms with Gasteiger partial charge >= 0.3 is 0 Å². The Balaban J connectivity index is 1.74. The van der Waals surface area contributed by atoms with Crippen LogP contribution in [0, 0.1) is 17.0 Å². The summed E-state index contributed by atoms with van der Waals surface area (Å²) in [7, 11) is -3.86. The molecule has 1 aliphatic heterocycles. The smallest absolute Gasteiger partial charge is 0.265 e. The Kier molecular flexibility index (Phi) is 5.73. The summed E-state index contributed by atoms with van der Waals surface area (Å²) in [5, 5.41) is 13.1. The van der Waals surface area contributed by atoms with Gasteiger partial charge in [-0.05, 0) is 64.7 Å². The molecule has 0 atom stereocenters. The highest BCUT2D eigenvalue weighted by molar-refractivity contribution is 7.92. The second-order valence-corrected chi connectivity index (χ2v) is 11.3. The van der Waals surface area contributed by atoms with Gasteiger partial charge in [0, 0.05) is 24.1 Å². The minimum Gasteiger partial charge on any atom is -0.265 e. The van der Waals surface area contributed by atoms with Gasteiger partial charge in [-0.25, -0.2) is 8.42 Å². The summed E-state index contributed by atoms with van der Waals surface area (Å²) in [5.74, 6) is 0. The molecule has 1 heterocycles. The highest BCUT2D eigenvalue weighted by atomic mass is 32.2. The average molecular weight is 521 g/mol. The predicted molar refractivity (Wildman–Crippen MR) is 151 cm³/mol. The third-order valence-corrected chi connectivity index (χ3v) is 8.94. The Labute approximate surface area is 221 Å². The van der Waals surface area contributed by atoms with E-state index in [1.165, 1.54) is 10.4 Å². The van der Waals surface area contributed by atoms with Gasteiger partial charge in [0.25, 0.3) is 15.7 Å². The number of nitro benzene ring substituents is 1. The van der Waals surface area contributed by atoms with Crippen molar-refractivity contribution in [2.24, 2.45) is 0 Å². The summed E-state index contributed by atoms with van der Waals surface area (Å²) in [6, 6.07) is 31.2. The molecule has 188 valence electrons. The van der Waals surface area contributed by atoms with Crippen LogP contribution in [-0.4, -0.2) is 19.9 Å². The fraction of sp³-hybridized carbons (Fsp3) is 0.0968. The summed E-state index contributed by atoms with van der Waals surface area (Å²) in [6.07, 6.45) is 0.525. The lowest BCUT2D eigenvalue weighted by Crippen LogP contribution is -2.29. The largest absolute Gasteiger partial charge is 0.270 e. The van der Waals surface area contributed by atoms with Gasteiger partial charge in [-0.15, -0.1) is 0 Å². The molecule has 0 amide bonds. The maximum atomic E-state index is 13.9. The van der Waals surface area contributed by atoms with E-state index in [1.807, 2.05) is 67.6 Å². The summed E-state index contributed by atoms with van der Waals surface area (Å²) in [5.41, 5.74) is 6.07. The SMILES string of the molecule is Cc1ccc(S(=O)(=O)N2CCc3c(-c4ccccc4)c(-c4ccccc4)c4cc([N+](=O)[O-])ccc4c32)cc1. The number of fused-ring (bicyclic) bond motifs is 3. The van der Waals surface area contributed by atoms with Gasteiger partial charge in [0.05, 0.1) is 15.5 Å². The molecule has 0 spiro atoms. The lowest BCUT2D eigenvalue weighted by atomic mass is 9.85. The van der Waals surface area contributed by atoms with E-state index >= 15 is 0 Å². The first-order chi connectivity index (χ1) is 18.4. The molecule has 5 aromatic rings. The molecule has 0 saturated carbocycles. The molecular formula is C31H24N2O4S. The summed E-state index contributed by atoms with van der Waals surface area (Å²) in [6.45, 7) is 2.20. The standard InChI is InChI=1S/C31H24N2O4S/c1-21-12-15-25(16-13-21)38(36,37)32-19-18-27-29(22-8-4-2-5-9-22)30(23-10-6-3-7-11-23)28-20-24(33(34)35)14-17-26(28)31(27)32/h2-17,20H,18-19H2,1H3. The van der Waals surface area contributed by atoms with E-state index in [1.54, 1.807) is 36.4 Å². The van der Waals surface area contributed by atoms with Gasteiger partial charge in [-0.1, -0.05) is 78.4 Å². The normalized spacial score (nSPS) is 13.0. The molecule has 6 nitrogen and oxygen atoms in total. The Morgan fingerprint density at radius 3 is 1.97 bits per heavy atom. The second-order valence-electron chi connectivity index (χ2n) is 9.44. The lowest BCUT2D eigenvalue weighted by molar-refractivity contribution is -0.384. The number of sulfonamides is 1. The van der Waals surface area contributed by atoms with Gasteiger partial charge in [0.2, 0.25) is 0 Å². The number of anilines is 1. The number of nitro groups is 1. The summed E-state index contributed by atoms with van der Waals surface area (Å²) < 4.78 is 29.4. The van der Waals surface area contributed by atoms with Crippen LogP contribution in [0.15, 0.2) is 108 Å². The number of aryl methyl sites for hydroxylation is 1. The quantitative estimate of drug-likeness (QED) is 0.182. The number of non-ortho nitro benzene ring substituents is 1. The van der Waals surface area contributed by atoms with E-state index in [2.05, 4.69) is 0 Å². The second kappa shape index (κ2) is 9.11. The fourth-order valence-electron chi connectivity index (χ4n) is 5.38. The van der Waals surface area contributed by atoms with Gasteiger partial charge in [0.15, 0.2) is 0 Å². The summed E-state index contributed by atoms with van der Waals surface area (Å²) in [4.78, 5) is 11.6. The van der Waals surface area contributed by atoms with Crippen LogP contribution >= 0.6 is 0 Å². The van der Waals surface area contributed by atoms with Gasteiger partial charge in [-0.2, -0.15) is 0 Å². The molecule has 0 fully saturated rings. The van der Waals surface area contributed by atoms with Crippen molar-refractivity contribution in [3.63, 3.8) is 0 Å². The van der Waals surface area contributed by atoms with E-state index in [-0.39, 0.29) is 17.1 Å². The maximum Gasteiger partial charge on any atom is 0.270 e. The minimum absolute atomic E-state index is 0.0421. The molecule has 5 aromatic carbocycles. The third kappa shape index (κ3) is 3.83. The van der Waals surface area contributed by atoms with E-state index in [4.69, 9.17) is 0 Å². The van der Waals surface area contributed by atoms with E-state index in [9.17, 15) is 18.5 Å².